The third-order valence-electron chi connectivity index (χ3n) is 3.33. The molecule has 2 aliphatic heterocycles. The number of aliphatic hydroxyl groups is 1. The molecule has 2 rings (SSSR count). The van der Waals surface area contributed by atoms with Gasteiger partial charge >= 0.3 is 0 Å². The Hall–Kier alpha value is -0.610. The molecule has 2 unspecified atom stereocenters. The first-order valence-electron chi connectivity index (χ1n) is 5.62. The van der Waals surface area contributed by atoms with E-state index in [1.807, 2.05) is 13.8 Å². The molecule has 86 valence electrons. The minimum atomic E-state index is -0.384. The van der Waals surface area contributed by atoms with Gasteiger partial charge in [-0.3, -0.25) is 4.79 Å². The number of amides is 1. The van der Waals surface area contributed by atoms with Gasteiger partial charge < -0.3 is 14.7 Å². The molecule has 0 aliphatic carbocycles. The number of carbonyl (C=O) groups excluding carboxylic acids is 1. The lowest BCUT2D eigenvalue weighted by molar-refractivity contribution is -0.144. The fraction of sp³-hybridized carbons (Fsp3) is 0.909. The van der Waals surface area contributed by atoms with Crippen LogP contribution in [0.4, 0.5) is 0 Å². The van der Waals surface area contributed by atoms with Crippen molar-refractivity contribution in [2.24, 2.45) is 0 Å². The molecule has 0 aromatic rings. The molecule has 1 N–H and O–H groups in total. The fourth-order valence-corrected chi connectivity index (χ4v) is 2.54. The fourth-order valence-electron chi connectivity index (χ4n) is 2.54. The summed E-state index contributed by atoms with van der Waals surface area (Å²) in [5, 5.41) is 9.59. The molecule has 2 saturated heterocycles. The van der Waals surface area contributed by atoms with Crippen molar-refractivity contribution in [2.75, 3.05) is 13.2 Å². The average molecular weight is 213 g/mol. The lowest BCUT2D eigenvalue weighted by Crippen LogP contribution is -2.47. The standard InChI is InChI=1S/C11H19NO3/c1-11(2)6-8(13)7-12(11)10(14)9-4-3-5-15-9/h8-9,13H,3-7H2,1-2H3. The molecular weight excluding hydrogens is 194 g/mol. The van der Waals surface area contributed by atoms with E-state index in [1.54, 1.807) is 4.90 Å². The highest BCUT2D eigenvalue weighted by Gasteiger charge is 2.43. The van der Waals surface area contributed by atoms with Gasteiger partial charge in [0, 0.05) is 18.7 Å². The van der Waals surface area contributed by atoms with E-state index in [0.29, 0.717) is 19.6 Å². The number of likely N-dealkylation sites (tertiary alicyclic amines) is 1. The second-order valence-corrected chi connectivity index (χ2v) is 5.12. The molecule has 4 nitrogen and oxygen atoms in total. The first kappa shape index (κ1) is 10.9. The Labute approximate surface area is 90.2 Å². The van der Waals surface area contributed by atoms with Crippen molar-refractivity contribution in [3.8, 4) is 0 Å². The summed E-state index contributed by atoms with van der Waals surface area (Å²) in [6, 6.07) is 0. The van der Waals surface area contributed by atoms with Crippen LogP contribution in [0.15, 0.2) is 0 Å². The third-order valence-corrected chi connectivity index (χ3v) is 3.33. The van der Waals surface area contributed by atoms with Crippen molar-refractivity contribution >= 4 is 5.91 Å². The van der Waals surface area contributed by atoms with Gasteiger partial charge in [0.2, 0.25) is 0 Å². The average Bonchev–Trinajstić information content (AvgIpc) is 2.71. The number of hydrogen-bond donors (Lipinski definition) is 1. The van der Waals surface area contributed by atoms with Gasteiger partial charge in [0.1, 0.15) is 6.10 Å². The Balaban J connectivity index is 2.06. The van der Waals surface area contributed by atoms with E-state index in [2.05, 4.69) is 0 Å². The van der Waals surface area contributed by atoms with E-state index in [9.17, 15) is 9.90 Å². The number of hydrogen-bond acceptors (Lipinski definition) is 3. The van der Waals surface area contributed by atoms with E-state index >= 15 is 0 Å². The number of carbonyl (C=O) groups is 1. The van der Waals surface area contributed by atoms with Crippen LogP contribution in [0.1, 0.15) is 33.1 Å². The Kier molecular flexibility index (Phi) is 2.73. The molecule has 2 fully saturated rings. The summed E-state index contributed by atoms with van der Waals surface area (Å²) in [5.74, 6) is 0.0500. The highest BCUT2D eigenvalue weighted by atomic mass is 16.5. The molecular formula is C11H19NO3. The number of ether oxygens (including phenoxy) is 1. The number of aliphatic hydroxyl groups excluding tert-OH is 1. The lowest BCUT2D eigenvalue weighted by atomic mass is 10.0. The highest BCUT2D eigenvalue weighted by molar-refractivity contribution is 5.82. The lowest BCUT2D eigenvalue weighted by Gasteiger charge is -2.32. The Bertz CT molecular complexity index is 259. The van der Waals surface area contributed by atoms with Crippen molar-refractivity contribution in [1.82, 2.24) is 4.90 Å². The van der Waals surface area contributed by atoms with E-state index in [-0.39, 0.29) is 23.7 Å². The number of rotatable bonds is 1. The summed E-state index contributed by atoms with van der Waals surface area (Å²) in [6.45, 7) is 5.13. The maximum atomic E-state index is 12.1. The molecule has 0 spiro atoms. The number of β-amino-alcohol motifs (C(OH)–C–C–N with tert-alkyl or cyclic N) is 1. The van der Waals surface area contributed by atoms with E-state index in [1.165, 1.54) is 0 Å². The zero-order chi connectivity index (χ0) is 11.1. The first-order chi connectivity index (χ1) is 7.00. The Morgan fingerprint density at radius 3 is 2.73 bits per heavy atom. The minimum Gasteiger partial charge on any atom is -0.391 e. The van der Waals surface area contributed by atoms with Gasteiger partial charge in [0.05, 0.1) is 6.10 Å². The molecule has 0 aromatic carbocycles. The molecule has 0 aromatic heterocycles. The second-order valence-electron chi connectivity index (χ2n) is 5.12. The molecule has 1 amide bonds. The summed E-state index contributed by atoms with van der Waals surface area (Å²) in [6.07, 6.45) is 1.79. The summed E-state index contributed by atoms with van der Waals surface area (Å²) in [5.41, 5.74) is -0.234. The van der Waals surface area contributed by atoms with Crippen LogP contribution in [-0.4, -0.2) is 46.8 Å². The SMILES string of the molecule is CC1(C)CC(O)CN1C(=O)C1CCCO1. The Morgan fingerprint density at radius 2 is 2.27 bits per heavy atom. The summed E-state index contributed by atoms with van der Waals surface area (Å²) >= 11 is 0. The van der Waals surface area contributed by atoms with Crippen LogP contribution in [0.5, 0.6) is 0 Å². The smallest absolute Gasteiger partial charge is 0.252 e. The third kappa shape index (κ3) is 2.01. The predicted octanol–water partition coefficient (Wildman–Crippen LogP) is 0.537. The van der Waals surface area contributed by atoms with Crippen molar-refractivity contribution in [2.45, 2.75) is 50.9 Å². The van der Waals surface area contributed by atoms with E-state index in [4.69, 9.17) is 4.74 Å². The molecule has 4 heteroatoms. The van der Waals surface area contributed by atoms with Crippen LogP contribution in [0, 0.1) is 0 Å². The zero-order valence-electron chi connectivity index (χ0n) is 9.40. The summed E-state index contributed by atoms with van der Waals surface area (Å²) in [7, 11) is 0. The second kappa shape index (κ2) is 3.76. The first-order valence-corrected chi connectivity index (χ1v) is 5.62. The largest absolute Gasteiger partial charge is 0.391 e. The van der Waals surface area contributed by atoms with E-state index < -0.39 is 0 Å². The van der Waals surface area contributed by atoms with Crippen molar-refractivity contribution < 1.29 is 14.6 Å². The molecule has 0 radical (unpaired) electrons. The normalized spacial score (nSPS) is 34.7. The van der Waals surface area contributed by atoms with Crippen LogP contribution >= 0.6 is 0 Å². The maximum absolute atomic E-state index is 12.1. The predicted molar refractivity (Wildman–Crippen MR) is 55.4 cm³/mol. The minimum absolute atomic E-state index is 0.0500. The van der Waals surface area contributed by atoms with Crippen LogP contribution in [0.3, 0.4) is 0 Å². The van der Waals surface area contributed by atoms with Crippen LogP contribution in [0.2, 0.25) is 0 Å². The molecule has 2 aliphatic rings. The van der Waals surface area contributed by atoms with Gasteiger partial charge in [-0.1, -0.05) is 0 Å². The molecule has 2 heterocycles. The van der Waals surface area contributed by atoms with Crippen LogP contribution in [0.25, 0.3) is 0 Å². The summed E-state index contributed by atoms with van der Waals surface area (Å²) in [4.78, 5) is 13.9. The number of nitrogens with zero attached hydrogens (tertiary/aromatic N) is 1. The van der Waals surface area contributed by atoms with Crippen molar-refractivity contribution in [3.63, 3.8) is 0 Å². The van der Waals surface area contributed by atoms with Crippen LogP contribution < -0.4 is 0 Å². The van der Waals surface area contributed by atoms with Crippen LogP contribution in [-0.2, 0) is 9.53 Å². The van der Waals surface area contributed by atoms with Gasteiger partial charge in [0.15, 0.2) is 0 Å². The summed E-state index contributed by atoms with van der Waals surface area (Å²) < 4.78 is 5.38. The van der Waals surface area contributed by atoms with Gasteiger partial charge in [-0.2, -0.15) is 0 Å². The molecule has 2 atom stereocenters. The van der Waals surface area contributed by atoms with Gasteiger partial charge in [-0.15, -0.1) is 0 Å². The van der Waals surface area contributed by atoms with Gasteiger partial charge in [-0.25, -0.2) is 0 Å². The van der Waals surface area contributed by atoms with Crippen molar-refractivity contribution in [1.29, 1.82) is 0 Å². The topological polar surface area (TPSA) is 49.8 Å². The van der Waals surface area contributed by atoms with Crippen molar-refractivity contribution in [3.05, 3.63) is 0 Å². The molecule has 15 heavy (non-hydrogen) atoms. The molecule has 0 bridgehead atoms. The monoisotopic (exact) mass is 213 g/mol. The van der Waals surface area contributed by atoms with Gasteiger partial charge in [0.25, 0.3) is 5.91 Å². The highest BCUT2D eigenvalue weighted by Crippen LogP contribution is 2.30. The maximum Gasteiger partial charge on any atom is 0.252 e. The molecule has 0 saturated carbocycles. The zero-order valence-corrected chi connectivity index (χ0v) is 9.40. The van der Waals surface area contributed by atoms with Gasteiger partial charge in [-0.05, 0) is 33.1 Å². The quantitative estimate of drug-likeness (QED) is 0.691. The Morgan fingerprint density at radius 1 is 1.53 bits per heavy atom. The van der Waals surface area contributed by atoms with E-state index in [0.717, 1.165) is 12.8 Å².